The summed E-state index contributed by atoms with van der Waals surface area (Å²) in [5.41, 5.74) is 1.18. The van der Waals surface area contributed by atoms with E-state index in [-0.39, 0.29) is 5.82 Å². The molecule has 1 saturated heterocycles. The van der Waals surface area contributed by atoms with Gasteiger partial charge in [0.15, 0.2) is 0 Å². The fourth-order valence-corrected chi connectivity index (χ4v) is 3.53. The van der Waals surface area contributed by atoms with Crippen LogP contribution in [0.15, 0.2) is 24.3 Å². The van der Waals surface area contributed by atoms with Gasteiger partial charge < -0.3 is 0 Å². The largest absolute Gasteiger partial charge is 0.299 e. The van der Waals surface area contributed by atoms with Crippen molar-refractivity contribution in [2.45, 2.75) is 32.2 Å². The minimum Gasteiger partial charge on any atom is -0.299 e. The molecule has 0 saturated carbocycles. The molecule has 5 heteroatoms. The topological polar surface area (TPSA) is 29.0 Å². The standard InChI is InChI=1S/C15H18FN3S/c1-11-17-18-15(20-11)13-6-8-19(9-7-13)10-12-2-4-14(16)5-3-12/h2-5,13H,6-10H2,1H3. The molecule has 2 heterocycles. The number of halogens is 1. The third kappa shape index (κ3) is 3.22. The van der Waals surface area contributed by atoms with Crippen molar-refractivity contribution in [3.05, 3.63) is 45.7 Å². The van der Waals surface area contributed by atoms with Crippen LogP contribution < -0.4 is 0 Å². The number of aromatic nitrogens is 2. The van der Waals surface area contributed by atoms with E-state index in [2.05, 4.69) is 15.1 Å². The summed E-state index contributed by atoms with van der Waals surface area (Å²) in [7, 11) is 0. The molecule has 1 aliphatic rings. The van der Waals surface area contributed by atoms with Crippen LogP contribution in [0.3, 0.4) is 0 Å². The molecule has 0 bridgehead atoms. The molecule has 1 aromatic carbocycles. The average Bonchev–Trinajstić information content (AvgIpc) is 2.89. The van der Waals surface area contributed by atoms with Crippen LogP contribution in [0.4, 0.5) is 4.39 Å². The fourth-order valence-electron chi connectivity index (χ4n) is 2.66. The predicted octanol–water partition coefficient (Wildman–Crippen LogP) is 3.37. The highest BCUT2D eigenvalue weighted by Crippen LogP contribution is 2.30. The molecule has 1 fully saturated rings. The summed E-state index contributed by atoms with van der Waals surface area (Å²) in [6.45, 7) is 5.05. The van der Waals surface area contributed by atoms with Crippen LogP contribution in [0.25, 0.3) is 0 Å². The first-order valence-electron chi connectivity index (χ1n) is 6.97. The number of hydrogen-bond donors (Lipinski definition) is 0. The Labute approximate surface area is 122 Å². The van der Waals surface area contributed by atoms with E-state index in [1.807, 2.05) is 19.1 Å². The zero-order valence-corrected chi connectivity index (χ0v) is 12.4. The van der Waals surface area contributed by atoms with Crippen molar-refractivity contribution < 1.29 is 4.39 Å². The third-order valence-electron chi connectivity index (χ3n) is 3.80. The van der Waals surface area contributed by atoms with Gasteiger partial charge in [0.2, 0.25) is 0 Å². The van der Waals surface area contributed by atoms with E-state index in [0.717, 1.165) is 37.5 Å². The van der Waals surface area contributed by atoms with Gasteiger partial charge in [-0.25, -0.2) is 4.39 Å². The lowest BCUT2D eigenvalue weighted by Gasteiger charge is -2.30. The summed E-state index contributed by atoms with van der Waals surface area (Å²) in [4.78, 5) is 2.43. The van der Waals surface area contributed by atoms with Crippen LogP contribution in [0.1, 0.15) is 34.3 Å². The zero-order chi connectivity index (χ0) is 13.9. The maximum atomic E-state index is 12.9. The molecule has 0 atom stereocenters. The molecule has 1 aliphatic heterocycles. The van der Waals surface area contributed by atoms with Gasteiger partial charge in [-0.1, -0.05) is 12.1 Å². The second kappa shape index (κ2) is 5.97. The molecule has 0 spiro atoms. The molecule has 20 heavy (non-hydrogen) atoms. The van der Waals surface area contributed by atoms with Crippen LogP contribution in [0, 0.1) is 12.7 Å². The monoisotopic (exact) mass is 291 g/mol. The van der Waals surface area contributed by atoms with Crippen LogP contribution in [-0.2, 0) is 6.54 Å². The van der Waals surface area contributed by atoms with Crippen molar-refractivity contribution in [3.63, 3.8) is 0 Å². The Balaban J connectivity index is 1.54. The minimum atomic E-state index is -0.168. The summed E-state index contributed by atoms with van der Waals surface area (Å²) in [6, 6.07) is 6.81. The number of hydrogen-bond acceptors (Lipinski definition) is 4. The predicted molar refractivity (Wildman–Crippen MR) is 78.3 cm³/mol. The van der Waals surface area contributed by atoms with Crippen molar-refractivity contribution >= 4 is 11.3 Å². The molecule has 0 radical (unpaired) electrons. The summed E-state index contributed by atoms with van der Waals surface area (Å²) >= 11 is 1.72. The average molecular weight is 291 g/mol. The minimum absolute atomic E-state index is 0.168. The number of piperidine rings is 1. The highest BCUT2D eigenvalue weighted by Gasteiger charge is 2.23. The molecular weight excluding hydrogens is 273 g/mol. The van der Waals surface area contributed by atoms with Gasteiger partial charge in [-0.05, 0) is 50.6 Å². The van der Waals surface area contributed by atoms with Crippen LogP contribution in [-0.4, -0.2) is 28.2 Å². The lowest BCUT2D eigenvalue weighted by atomic mass is 9.97. The maximum absolute atomic E-state index is 12.9. The van der Waals surface area contributed by atoms with Crippen LogP contribution >= 0.6 is 11.3 Å². The van der Waals surface area contributed by atoms with E-state index >= 15 is 0 Å². The molecule has 0 unspecified atom stereocenters. The highest BCUT2D eigenvalue weighted by molar-refractivity contribution is 7.11. The van der Waals surface area contributed by atoms with Crippen molar-refractivity contribution in [1.82, 2.24) is 15.1 Å². The van der Waals surface area contributed by atoms with Gasteiger partial charge >= 0.3 is 0 Å². The Bertz CT molecular complexity index is 559. The molecule has 1 aromatic heterocycles. The molecule has 0 N–H and O–H groups in total. The fraction of sp³-hybridized carbons (Fsp3) is 0.467. The first-order valence-corrected chi connectivity index (χ1v) is 7.79. The van der Waals surface area contributed by atoms with Crippen LogP contribution in [0.5, 0.6) is 0 Å². The quantitative estimate of drug-likeness (QED) is 0.868. The van der Waals surface area contributed by atoms with E-state index in [4.69, 9.17) is 0 Å². The second-order valence-electron chi connectivity index (χ2n) is 5.34. The van der Waals surface area contributed by atoms with Gasteiger partial charge in [0.05, 0.1) is 0 Å². The van der Waals surface area contributed by atoms with Gasteiger partial charge in [0.25, 0.3) is 0 Å². The number of benzene rings is 1. The SMILES string of the molecule is Cc1nnc(C2CCN(Cc3ccc(F)cc3)CC2)s1. The zero-order valence-electron chi connectivity index (χ0n) is 11.6. The number of nitrogens with zero attached hydrogens (tertiary/aromatic N) is 3. The third-order valence-corrected chi connectivity index (χ3v) is 4.80. The van der Waals surface area contributed by atoms with Crippen molar-refractivity contribution in [2.75, 3.05) is 13.1 Å². The molecule has 2 aromatic rings. The number of likely N-dealkylation sites (tertiary alicyclic amines) is 1. The Morgan fingerprint density at radius 3 is 2.50 bits per heavy atom. The first kappa shape index (κ1) is 13.6. The highest BCUT2D eigenvalue weighted by atomic mass is 32.1. The summed E-state index contributed by atoms with van der Waals surface area (Å²) in [6.07, 6.45) is 2.27. The van der Waals surface area contributed by atoms with Gasteiger partial charge in [-0.15, -0.1) is 21.5 Å². The van der Waals surface area contributed by atoms with E-state index in [1.54, 1.807) is 11.3 Å². The van der Waals surface area contributed by atoms with E-state index in [0.29, 0.717) is 5.92 Å². The number of aryl methyl sites for hydroxylation is 1. The van der Waals surface area contributed by atoms with Crippen LogP contribution in [0.2, 0.25) is 0 Å². The number of rotatable bonds is 3. The molecule has 106 valence electrons. The van der Waals surface area contributed by atoms with Gasteiger partial charge in [-0.3, -0.25) is 4.90 Å². The van der Waals surface area contributed by atoms with Crippen molar-refractivity contribution in [3.8, 4) is 0 Å². The Morgan fingerprint density at radius 1 is 1.20 bits per heavy atom. The lowest BCUT2D eigenvalue weighted by molar-refractivity contribution is 0.204. The first-order chi connectivity index (χ1) is 9.70. The van der Waals surface area contributed by atoms with Gasteiger partial charge in [0, 0.05) is 12.5 Å². The molecule has 0 aliphatic carbocycles. The summed E-state index contributed by atoms with van der Waals surface area (Å²) in [5, 5.41) is 10.6. The van der Waals surface area contributed by atoms with Gasteiger partial charge in [-0.2, -0.15) is 0 Å². The molecule has 3 nitrogen and oxygen atoms in total. The molecular formula is C15H18FN3S. The summed E-state index contributed by atoms with van der Waals surface area (Å²) < 4.78 is 12.9. The van der Waals surface area contributed by atoms with E-state index < -0.39 is 0 Å². The molecule has 3 rings (SSSR count). The molecule has 0 amide bonds. The summed E-state index contributed by atoms with van der Waals surface area (Å²) in [5.74, 6) is 0.393. The normalized spacial score (nSPS) is 17.5. The maximum Gasteiger partial charge on any atom is 0.123 e. The van der Waals surface area contributed by atoms with Crippen molar-refractivity contribution in [1.29, 1.82) is 0 Å². The van der Waals surface area contributed by atoms with E-state index in [9.17, 15) is 4.39 Å². The van der Waals surface area contributed by atoms with Crippen molar-refractivity contribution in [2.24, 2.45) is 0 Å². The Morgan fingerprint density at radius 2 is 1.90 bits per heavy atom. The Hall–Kier alpha value is -1.33. The van der Waals surface area contributed by atoms with Gasteiger partial charge in [0.1, 0.15) is 15.8 Å². The van der Waals surface area contributed by atoms with E-state index in [1.165, 1.54) is 22.7 Å². The second-order valence-corrected chi connectivity index (χ2v) is 6.55. The smallest absolute Gasteiger partial charge is 0.123 e. The lowest BCUT2D eigenvalue weighted by Crippen LogP contribution is -2.32. The Kier molecular flexibility index (Phi) is 4.08.